The van der Waals surface area contributed by atoms with Crippen LogP contribution in [-0.4, -0.2) is 58.9 Å². The number of hydrogen-bond acceptors (Lipinski definition) is 11. The molecule has 2 aromatic carbocycles. The van der Waals surface area contributed by atoms with E-state index in [-0.39, 0.29) is 25.0 Å². The average Bonchev–Trinajstić information content (AvgIpc) is 3.58. The number of carbonyl (C=O) groups excluding carboxylic acids is 4. The van der Waals surface area contributed by atoms with Crippen molar-refractivity contribution in [3.63, 3.8) is 0 Å². The molecule has 3 rings (SSSR count). The summed E-state index contributed by atoms with van der Waals surface area (Å²) in [6.45, 7) is 11.6. The minimum atomic E-state index is -0.741. The molecule has 0 aliphatic rings. The molecule has 2 unspecified atom stereocenters. The highest BCUT2D eigenvalue weighted by Crippen LogP contribution is 2.25. The van der Waals surface area contributed by atoms with Crippen molar-refractivity contribution in [3.8, 4) is 0 Å². The van der Waals surface area contributed by atoms with Crippen molar-refractivity contribution in [2.75, 3.05) is 13.1 Å². The molecule has 0 fully saturated rings. The number of amides is 4. The first-order chi connectivity index (χ1) is 25.2. The summed E-state index contributed by atoms with van der Waals surface area (Å²) >= 11 is 0. The highest BCUT2D eigenvalue weighted by Gasteiger charge is 2.28. The van der Waals surface area contributed by atoms with Crippen LogP contribution in [0.25, 0.3) is 0 Å². The Morgan fingerprint density at radius 3 is 1.32 bits per heavy atom. The van der Waals surface area contributed by atoms with E-state index in [1.807, 2.05) is 60.7 Å². The van der Waals surface area contributed by atoms with E-state index in [0.29, 0.717) is 51.6 Å². The molecule has 53 heavy (non-hydrogen) atoms. The molecule has 2 atom stereocenters. The molecule has 4 N–H and O–H groups in total. The van der Waals surface area contributed by atoms with E-state index < -0.39 is 47.7 Å². The zero-order chi connectivity index (χ0) is 38.7. The van der Waals surface area contributed by atoms with Gasteiger partial charge in [0.2, 0.25) is 11.8 Å². The van der Waals surface area contributed by atoms with E-state index in [4.69, 9.17) is 23.4 Å². The van der Waals surface area contributed by atoms with Gasteiger partial charge in [-0.1, -0.05) is 60.7 Å². The number of aromatic nitrogens is 2. The fourth-order valence-corrected chi connectivity index (χ4v) is 4.82. The Hall–Kier alpha value is -5.34. The van der Waals surface area contributed by atoms with Crippen LogP contribution in [0.2, 0.25) is 0 Å². The summed E-state index contributed by atoms with van der Waals surface area (Å²) < 4.78 is 27.5. The van der Waals surface area contributed by atoms with E-state index in [1.54, 1.807) is 41.5 Å². The number of nitrogens with zero attached hydrogens (tertiary/aromatic N) is 2. The number of nitrogens with one attached hydrogen (secondary N) is 4. The lowest BCUT2D eigenvalue weighted by molar-refractivity contribution is 0.0488. The van der Waals surface area contributed by atoms with Gasteiger partial charge in [0.1, 0.15) is 36.5 Å². The van der Waals surface area contributed by atoms with Gasteiger partial charge in [0.15, 0.2) is 0 Å². The first-order valence-corrected chi connectivity index (χ1v) is 17.9. The highest BCUT2D eigenvalue weighted by molar-refractivity contribution is 5.69. The number of alkyl carbamates (subject to hydrolysis) is 4. The summed E-state index contributed by atoms with van der Waals surface area (Å²) in [4.78, 5) is 49.9. The Bertz CT molecular complexity index is 1440. The Balaban J connectivity index is 1.58. The molecule has 0 saturated carbocycles. The van der Waals surface area contributed by atoms with Gasteiger partial charge in [0.05, 0.1) is 0 Å². The van der Waals surface area contributed by atoms with Crippen molar-refractivity contribution in [2.24, 2.45) is 0 Å². The standard InChI is InChI=1S/C38H54N6O9/c1-37(2,3)52-35(47)41-29(21-13-15-23-39-33(45)49-25-27-17-9-7-10-18-27)31-43-44-32(51-31)30(42-36(48)53-38(4,5)6)22-14-16-24-40-34(46)50-26-28-19-11-8-12-20-28/h7-12,17-20,29-30H,13-16,21-26H2,1-6H3,(H,39,45)(H,40,46)(H,41,47)(H,42,48). The third kappa shape index (κ3) is 18.1. The summed E-state index contributed by atoms with van der Waals surface area (Å²) in [7, 11) is 0. The number of rotatable bonds is 18. The number of unbranched alkanes of at least 4 members (excludes halogenated alkanes) is 2. The van der Waals surface area contributed by atoms with Crippen molar-refractivity contribution < 1.29 is 42.5 Å². The highest BCUT2D eigenvalue weighted by atomic mass is 16.6. The minimum Gasteiger partial charge on any atom is -0.445 e. The molecule has 3 aromatic rings. The van der Waals surface area contributed by atoms with Crippen molar-refractivity contribution >= 4 is 24.4 Å². The smallest absolute Gasteiger partial charge is 0.408 e. The van der Waals surface area contributed by atoms with Crippen molar-refractivity contribution in [3.05, 3.63) is 83.6 Å². The van der Waals surface area contributed by atoms with Crippen LogP contribution in [0.3, 0.4) is 0 Å². The first-order valence-electron chi connectivity index (χ1n) is 17.9. The van der Waals surface area contributed by atoms with E-state index in [0.717, 1.165) is 11.1 Å². The SMILES string of the molecule is CC(C)(C)OC(=O)NC(CCCCNC(=O)OCc1ccccc1)c1nnc(C(CCCCNC(=O)OCc2ccccc2)NC(=O)OC(C)(C)C)o1. The molecule has 0 saturated heterocycles. The van der Waals surface area contributed by atoms with Gasteiger partial charge in [-0.15, -0.1) is 10.2 Å². The third-order valence-electron chi connectivity index (χ3n) is 7.24. The molecule has 15 heteroatoms. The Kier molecular flexibility index (Phi) is 16.9. The molecule has 1 heterocycles. The number of ether oxygens (including phenoxy) is 4. The molecule has 0 spiro atoms. The van der Waals surface area contributed by atoms with Gasteiger partial charge in [-0.2, -0.15) is 0 Å². The van der Waals surface area contributed by atoms with Crippen molar-refractivity contribution in [1.82, 2.24) is 31.5 Å². The van der Waals surface area contributed by atoms with E-state index in [1.165, 1.54) is 0 Å². The molecular formula is C38H54N6O9. The van der Waals surface area contributed by atoms with Crippen molar-refractivity contribution in [2.45, 2.75) is 117 Å². The minimum absolute atomic E-state index is 0.125. The maximum absolute atomic E-state index is 12.8. The van der Waals surface area contributed by atoms with E-state index in [2.05, 4.69) is 31.5 Å². The maximum atomic E-state index is 12.8. The van der Waals surface area contributed by atoms with Gasteiger partial charge in [-0.25, -0.2) is 19.2 Å². The van der Waals surface area contributed by atoms with E-state index >= 15 is 0 Å². The van der Waals surface area contributed by atoms with Crippen LogP contribution in [0.15, 0.2) is 65.1 Å². The number of benzene rings is 2. The lowest BCUT2D eigenvalue weighted by Gasteiger charge is -2.23. The van der Waals surface area contributed by atoms with Gasteiger partial charge in [0, 0.05) is 13.1 Å². The van der Waals surface area contributed by atoms with Gasteiger partial charge in [0.25, 0.3) is 0 Å². The molecule has 290 valence electrons. The van der Waals surface area contributed by atoms with E-state index in [9.17, 15) is 19.2 Å². The summed E-state index contributed by atoms with van der Waals surface area (Å²) in [6.07, 6.45) is 0.674. The van der Waals surface area contributed by atoms with Crippen LogP contribution >= 0.6 is 0 Å². The topological polar surface area (TPSA) is 192 Å². The lowest BCUT2D eigenvalue weighted by Crippen LogP contribution is -2.35. The van der Waals surface area contributed by atoms with Gasteiger partial charge < -0.3 is 44.6 Å². The van der Waals surface area contributed by atoms with Crippen LogP contribution in [0.1, 0.15) is 115 Å². The predicted octanol–water partition coefficient (Wildman–Crippen LogP) is 7.39. The second-order valence-electron chi connectivity index (χ2n) is 14.3. The molecule has 0 radical (unpaired) electrons. The molecule has 0 aliphatic heterocycles. The number of carbonyl (C=O) groups is 4. The monoisotopic (exact) mass is 738 g/mol. The Labute approximate surface area is 311 Å². The van der Waals surface area contributed by atoms with Gasteiger partial charge >= 0.3 is 24.4 Å². The van der Waals surface area contributed by atoms with Crippen LogP contribution in [0.4, 0.5) is 19.2 Å². The predicted molar refractivity (Wildman–Crippen MR) is 195 cm³/mol. The zero-order valence-electron chi connectivity index (χ0n) is 31.6. The van der Waals surface area contributed by atoms with Crippen LogP contribution in [-0.2, 0) is 32.2 Å². The van der Waals surface area contributed by atoms with Crippen LogP contribution in [0.5, 0.6) is 0 Å². The maximum Gasteiger partial charge on any atom is 0.408 e. The second-order valence-corrected chi connectivity index (χ2v) is 14.3. The van der Waals surface area contributed by atoms with Gasteiger partial charge in [-0.05, 0) is 91.2 Å². The van der Waals surface area contributed by atoms with Crippen LogP contribution in [0, 0.1) is 0 Å². The second kappa shape index (κ2) is 21.2. The molecule has 0 aliphatic carbocycles. The molecule has 0 bridgehead atoms. The fourth-order valence-electron chi connectivity index (χ4n) is 4.82. The Morgan fingerprint density at radius 2 is 0.962 bits per heavy atom. The number of hydrogen-bond donors (Lipinski definition) is 4. The summed E-state index contributed by atoms with van der Waals surface area (Å²) in [5.74, 6) is 0.250. The quantitative estimate of drug-likeness (QED) is 0.0751. The summed E-state index contributed by atoms with van der Waals surface area (Å²) in [5.41, 5.74) is 0.285. The third-order valence-corrected chi connectivity index (χ3v) is 7.24. The summed E-state index contributed by atoms with van der Waals surface area (Å²) in [5, 5.41) is 19.5. The van der Waals surface area contributed by atoms with Gasteiger partial charge in [-0.3, -0.25) is 0 Å². The molecule has 4 amide bonds. The lowest BCUT2D eigenvalue weighted by atomic mass is 10.1. The first kappa shape index (κ1) is 42.1. The fraction of sp³-hybridized carbons (Fsp3) is 0.526. The largest absolute Gasteiger partial charge is 0.445 e. The average molecular weight is 739 g/mol. The molecule has 1 aromatic heterocycles. The Morgan fingerprint density at radius 1 is 0.585 bits per heavy atom. The van der Waals surface area contributed by atoms with Crippen LogP contribution < -0.4 is 21.3 Å². The molecular weight excluding hydrogens is 684 g/mol. The zero-order valence-corrected chi connectivity index (χ0v) is 31.6. The molecule has 15 nitrogen and oxygen atoms in total. The normalized spacial score (nSPS) is 12.5. The summed E-state index contributed by atoms with van der Waals surface area (Å²) in [6, 6.07) is 17.3. The van der Waals surface area contributed by atoms with Crippen molar-refractivity contribution in [1.29, 1.82) is 0 Å².